The normalized spacial score (nSPS) is 11.4. The van der Waals surface area contributed by atoms with Gasteiger partial charge in [-0.05, 0) is 65.1 Å². The fraction of sp³-hybridized carbons (Fsp3) is 0.125. The Kier molecular flexibility index (Phi) is 6.66. The van der Waals surface area contributed by atoms with Gasteiger partial charge in [-0.3, -0.25) is 4.79 Å². The largest absolute Gasteiger partial charge is 0.573 e. The molecule has 0 saturated heterocycles. The van der Waals surface area contributed by atoms with E-state index in [0.717, 1.165) is 18.2 Å². The summed E-state index contributed by atoms with van der Waals surface area (Å²) in [6.45, 7) is -0.556. The monoisotopic (exact) mass is 481 g/mol. The maximum Gasteiger partial charge on any atom is 0.573 e. The first-order valence-corrected chi connectivity index (χ1v) is 8.05. The van der Waals surface area contributed by atoms with Crippen LogP contribution in [-0.4, -0.2) is 24.8 Å². The van der Waals surface area contributed by atoms with Gasteiger partial charge in [-0.2, -0.15) is 0 Å². The van der Waals surface area contributed by atoms with Crippen LogP contribution in [0, 0.1) is 3.77 Å². The van der Waals surface area contributed by atoms with Crippen LogP contribution in [0.15, 0.2) is 46.9 Å². The van der Waals surface area contributed by atoms with Crippen molar-refractivity contribution in [3.05, 3.63) is 52.0 Å². The van der Waals surface area contributed by atoms with Crippen LogP contribution in [0.3, 0.4) is 0 Å². The number of benzene rings is 1. The number of carbonyl (C=O) groups excluding carboxylic acids is 2. The highest BCUT2D eigenvalue weighted by atomic mass is 127. The van der Waals surface area contributed by atoms with Crippen LogP contribution in [0.5, 0.6) is 5.75 Å². The predicted octanol–water partition coefficient (Wildman–Crippen LogP) is 3.98. The average Bonchev–Trinajstić information content (AvgIpc) is 2.97. The molecule has 0 aliphatic rings. The lowest BCUT2D eigenvalue weighted by molar-refractivity contribution is -0.274. The lowest BCUT2D eigenvalue weighted by Gasteiger charge is -2.10. The van der Waals surface area contributed by atoms with E-state index in [-0.39, 0.29) is 5.69 Å². The summed E-state index contributed by atoms with van der Waals surface area (Å²) in [6, 6.07) is 7.90. The van der Waals surface area contributed by atoms with Gasteiger partial charge < -0.3 is 19.2 Å². The van der Waals surface area contributed by atoms with Gasteiger partial charge in [0.15, 0.2) is 10.4 Å². The molecule has 10 heteroatoms. The Labute approximate surface area is 159 Å². The Morgan fingerprint density at radius 1 is 1.15 bits per heavy atom. The molecule has 1 amide bonds. The van der Waals surface area contributed by atoms with Crippen LogP contribution in [0.2, 0.25) is 0 Å². The van der Waals surface area contributed by atoms with E-state index in [2.05, 4.69) is 10.1 Å². The number of alkyl halides is 3. The molecule has 0 atom stereocenters. The molecule has 138 valence electrons. The molecular weight excluding hydrogens is 470 g/mol. The summed E-state index contributed by atoms with van der Waals surface area (Å²) in [5, 5.41) is 2.37. The number of furan rings is 1. The molecule has 0 radical (unpaired) electrons. The number of nitrogens with one attached hydrogen (secondary N) is 1. The molecule has 0 unspecified atom stereocenters. The molecule has 26 heavy (non-hydrogen) atoms. The van der Waals surface area contributed by atoms with E-state index in [4.69, 9.17) is 9.15 Å². The molecule has 1 aromatic carbocycles. The number of halogens is 4. The van der Waals surface area contributed by atoms with Crippen LogP contribution < -0.4 is 10.1 Å². The van der Waals surface area contributed by atoms with Gasteiger partial charge in [0.25, 0.3) is 5.91 Å². The third-order valence-corrected chi connectivity index (χ3v) is 3.27. The van der Waals surface area contributed by atoms with Gasteiger partial charge >= 0.3 is 12.3 Å². The zero-order valence-corrected chi connectivity index (χ0v) is 15.0. The van der Waals surface area contributed by atoms with Crippen molar-refractivity contribution in [1.82, 2.24) is 0 Å². The summed E-state index contributed by atoms with van der Waals surface area (Å²) in [6.07, 6.45) is -2.30. The van der Waals surface area contributed by atoms with E-state index in [1.54, 1.807) is 12.1 Å². The molecule has 0 saturated carbocycles. The summed E-state index contributed by atoms with van der Waals surface area (Å²) in [5.74, 6) is -1.36. The van der Waals surface area contributed by atoms with Crippen molar-refractivity contribution in [2.75, 3.05) is 11.9 Å². The van der Waals surface area contributed by atoms with Crippen molar-refractivity contribution in [3.63, 3.8) is 0 Å². The Balaban J connectivity index is 1.77. The molecule has 0 spiro atoms. The third kappa shape index (κ3) is 7.17. The molecule has 1 aromatic heterocycles. The van der Waals surface area contributed by atoms with Gasteiger partial charge in [0.1, 0.15) is 11.5 Å². The number of carbonyl (C=O) groups is 2. The van der Waals surface area contributed by atoms with Gasteiger partial charge in [-0.1, -0.05) is 0 Å². The van der Waals surface area contributed by atoms with E-state index >= 15 is 0 Å². The van der Waals surface area contributed by atoms with Gasteiger partial charge in [0.2, 0.25) is 0 Å². The van der Waals surface area contributed by atoms with Crippen LogP contribution in [0.25, 0.3) is 6.08 Å². The van der Waals surface area contributed by atoms with Crippen molar-refractivity contribution in [1.29, 1.82) is 0 Å². The number of esters is 1. The van der Waals surface area contributed by atoms with Crippen LogP contribution in [0.4, 0.5) is 18.9 Å². The van der Waals surface area contributed by atoms with Gasteiger partial charge in [-0.15, -0.1) is 13.2 Å². The van der Waals surface area contributed by atoms with E-state index in [0.29, 0.717) is 9.53 Å². The molecule has 6 nitrogen and oxygen atoms in total. The Morgan fingerprint density at radius 3 is 2.42 bits per heavy atom. The van der Waals surface area contributed by atoms with Crippen LogP contribution in [0.1, 0.15) is 5.76 Å². The van der Waals surface area contributed by atoms with E-state index in [1.165, 1.54) is 18.2 Å². The fourth-order valence-corrected chi connectivity index (χ4v) is 2.12. The highest BCUT2D eigenvalue weighted by molar-refractivity contribution is 14.1. The Morgan fingerprint density at radius 2 is 1.85 bits per heavy atom. The van der Waals surface area contributed by atoms with Crippen molar-refractivity contribution in [3.8, 4) is 5.75 Å². The summed E-state index contributed by atoms with van der Waals surface area (Å²) in [4.78, 5) is 23.2. The summed E-state index contributed by atoms with van der Waals surface area (Å²) in [5.41, 5.74) is 0.223. The van der Waals surface area contributed by atoms with Gasteiger partial charge in [0, 0.05) is 11.8 Å². The predicted molar refractivity (Wildman–Crippen MR) is 93.2 cm³/mol. The lowest BCUT2D eigenvalue weighted by Crippen LogP contribution is -2.20. The molecular formula is C16H11F3INO5. The zero-order valence-electron chi connectivity index (χ0n) is 12.9. The van der Waals surface area contributed by atoms with E-state index in [9.17, 15) is 22.8 Å². The Bertz CT molecular complexity index is 799. The summed E-state index contributed by atoms with van der Waals surface area (Å²) >= 11 is 1.97. The molecule has 0 fully saturated rings. The highest BCUT2D eigenvalue weighted by Gasteiger charge is 2.30. The maximum atomic E-state index is 12.0. The van der Waals surface area contributed by atoms with Crippen molar-refractivity contribution in [2.45, 2.75) is 6.36 Å². The summed E-state index contributed by atoms with van der Waals surface area (Å²) < 4.78 is 50.5. The number of hydrogen-bond acceptors (Lipinski definition) is 5. The molecule has 0 aliphatic carbocycles. The Hall–Kier alpha value is -2.50. The minimum absolute atomic E-state index is 0.223. The van der Waals surface area contributed by atoms with Crippen molar-refractivity contribution >= 4 is 46.2 Å². The van der Waals surface area contributed by atoms with Gasteiger partial charge in [0.05, 0.1) is 0 Å². The molecule has 2 aromatic rings. The van der Waals surface area contributed by atoms with Gasteiger partial charge in [-0.25, -0.2) is 4.79 Å². The molecule has 1 N–H and O–H groups in total. The number of anilines is 1. The SMILES string of the molecule is O=C(COC(=O)/C=C/c1ccc(I)o1)Nc1ccc(OC(F)(F)F)cc1. The first-order valence-electron chi connectivity index (χ1n) is 6.97. The zero-order chi connectivity index (χ0) is 19.2. The van der Waals surface area contributed by atoms with E-state index in [1.807, 2.05) is 22.6 Å². The van der Waals surface area contributed by atoms with Crippen molar-refractivity contribution < 1.29 is 36.7 Å². The minimum atomic E-state index is -4.79. The minimum Gasteiger partial charge on any atom is -0.452 e. The topological polar surface area (TPSA) is 77.8 Å². The quantitative estimate of drug-likeness (QED) is 0.384. The van der Waals surface area contributed by atoms with Crippen LogP contribution >= 0.6 is 22.6 Å². The second-order valence-corrected chi connectivity index (χ2v) is 5.77. The number of rotatable bonds is 6. The fourth-order valence-electron chi connectivity index (χ4n) is 1.69. The first kappa shape index (κ1) is 19.8. The van der Waals surface area contributed by atoms with Crippen LogP contribution in [-0.2, 0) is 14.3 Å². The average molecular weight is 481 g/mol. The lowest BCUT2D eigenvalue weighted by atomic mass is 10.3. The smallest absolute Gasteiger partial charge is 0.452 e. The third-order valence-electron chi connectivity index (χ3n) is 2.69. The number of ether oxygens (including phenoxy) is 2. The molecule has 2 rings (SSSR count). The van der Waals surface area contributed by atoms with E-state index < -0.39 is 30.6 Å². The maximum absolute atomic E-state index is 12.0. The molecule has 0 aliphatic heterocycles. The second kappa shape index (κ2) is 8.74. The second-order valence-electron chi connectivity index (χ2n) is 4.70. The highest BCUT2D eigenvalue weighted by Crippen LogP contribution is 2.23. The van der Waals surface area contributed by atoms with Crippen molar-refractivity contribution in [2.24, 2.45) is 0 Å². The number of amides is 1. The molecule has 0 bridgehead atoms. The molecule has 1 heterocycles. The number of hydrogen-bond donors (Lipinski definition) is 1. The summed E-state index contributed by atoms with van der Waals surface area (Å²) in [7, 11) is 0. The first-order chi connectivity index (χ1) is 12.2. The standard InChI is InChI=1S/C16H11F3INO5/c17-16(18,19)26-12-3-1-10(2-4-12)21-14(22)9-24-15(23)8-6-11-5-7-13(20)25-11/h1-8H,9H2,(H,21,22)/b8-6+.